The van der Waals surface area contributed by atoms with Gasteiger partial charge in [0.05, 0.1) is 16.4 Å². The molecule has 1 aliphatic rings. The van der Waals surface area contributed by atoms with Crippen LogP contribution < -0.4 is 4.74 Å². The van der Waals surface area contributed by atoms with Crippen molar-refractivity contribution in [1.82, 2.24) is 4.90 Å². The van der Waals surface area contributed by atoms with Gasteiger partial charge in [0.1, 0.15) is 5.75 Å². The maximum absolute atomic E-state index is 11.8. The van der Waals surface area contributed by atoms with Crippen molar-refractivity contribution in [3.63, 3.8) is 0 Å². The summed E-state index contributed by atoms with van der Waals surface area (Å²) < 4.78 is 24.0. The number of non-ortho nitro benzene ring substituents is 1. The molecular formula is C11H14N2O6S. The molecule has 1 aromatic carbocycles. The van der Waals surface area contributed by atoms with E-state index >= 15 is 0 Å². The molecular weight excluding hydrogens is 288 g/mol. The summed E-state index contributed by atoms with van der Waals surface area (Å²) in [5, 5.41) is 10.5. The van der Waals surface area contributed by atoms with Crippen molar-refractivity contribution in [3.8, 4) is 5.75 Å². The van der Waals surface area contributed by atoms with E-state index in [1.165, 1.54) is 29.2 Å². The summed E-state index contributed by atoms with van der Waals surface area (Å²) in [6, 6.07) is 5.17. The summed E-state index contributed by atoms with van der Waals surface area (Å²) in [6.07, 6.45) is -0.603. The van der Waals surface area contributed by atoms with Gasteiger partial charge in [0.25, 0.3) is 5.69 Å². The van der Waals surface area contributed by atoms with E-state index in [4.69, 9.17) is 4.74 Å². The van der Waals surface area contributed by atoms with E-state index in [2.05, 4.69) is 0 Å². The normalized spacial score (nSPS) is 19.2. The molecule has 0 spiro atoms. The number of carbonyl (C=O) groups is 1. The molecule has 0 atom stereocenters. The molecule has 1 fully saturated rings. The highest BCUT2D eigenvalue weighted by Gasteiger charge is 2.26. The Bertz CT molecular complexity index is 508. The van der Waals surface area contributed by atoms with Gasteiger partial charge in [0, 0.05) is 25.2 Å². The molecule has 1 aromatic rings. The minimum absolute atomic E-state index is 0.0864. The molecule has 0 unspecified atom stereocenters. The van der Waals surface area contributed by atoms with Gasteiger partial charge in [-0.05, 0) is 12.1 Å². The Morgan fingerprint density at radius 3 is 2.30 bits per heavy atom. The van der Waals surface area contributed by atoms with Crippen molar-refractivity contribution in [2.75, 3.05) is 24.6 Å². The monoisotopic (exact) mass is 302 g/mol. The van der Waals surface area contributed by atoms with Gasteiger partial charge in [-0.25, -0.2) is 4.79 Å². The third kappa shape index (κ3) is 3.59. The summed E-state index contributed by atoms with van der Waals surface area (Å²) in [4.78, 5) is 23.1. The van der Waals surface area contributed by atoms with Crippen LogP contribution in [0.4, 0.5) is 10.5 Å². The van der Waals surface area contributed by atoms with E-state index in [1.54, 1.807) is 0 Å². The second-order valence-corrected chi connectivity index (χ2v) is 6.74. The topological polar surface area (TPSA) is 113 Å². The Kier molecular flexibility index (Phi) is 4.12. The lowest BCUT2D eigenvalue weighted by Gasteiger charge is -2.40. The predicted octanol–water partition coefficient (Wildman–Crippen LogP) is 2.16. The lowest BCUT2D eigenvalue weighted by Crippen LogP contribution is -2.43. The summed E-state index contributed by atoms with van der Waals surface area (Å²) in [7, 11) is -2.56. The summed E-state index contributed by atoms with van der Waals surface area (Å²) in [6.45, 7) is 0.433. The van der Waals surface area contributed by atoms with Crippen molar-refractivity contribution in [3.05, 3.63) is 34.4 Å². The molecule has 20 heavy (non-hydrogen) atoms. The molecule has 2 N–H and O–H groups in total. The van der Waals surface area contributed by atoms with E-state index < -0.39 is 21.6 Å². The second kappa shape index (κ2) is 5.65. The number of nitro benzene ring substituents is 1. The average molecular weight is 302 g/mol. The molecule has 0 aliphatic carbocycles. The smallest absolute Gasteiger partial charge is 0.410 e. The third-order valence-electron chi connectivity index (χ3n) is 2.89. The van der Waals surface area contributed by atoms with Gasteiger partial charge in [-0.3, -0.25) is 19.2 Å². The molecule has 0 radical (unpaired) electrons. The Morgan fingerprint density at radius 1 is 1.25 bits per heavy atom. The van der Waals surface area contributed by atoms with Crippen LogP contribution in [0.25, 0.3) is 0 Å². The Hall–Kier alpha value is -1.84. The number of rotatable bonds is 2. The van der Waals surface area contributed by atoms with Crippen LogP contribution in [0.1, 0.15) is 0 Å². The van der Waals surface area contributed by atoms with Crippen LogP contribution in [0.3, 0.4) is 0 Å². The molecule has 110 valence electrons. The van der Waals surface area contributed by atoms with Gasteiger partial charge in [-0.2, -0.15) is 10.6 Å². The van der Waals surface area contributed by atoms with Gasteiger partial charge in [0.2, 0.25) is 0 Å². The van der Waals surface area contributed by atoms with Crippen LogP contribution in [-0.4, -0.2) is 49.6 Å². The first kappa shape index (κ1) is 14.6. The zero-order chi connectivity index (χ0) is 14.8. The molecule has 0 bridgehead atoms. The van der Waals surface area contributed by atoms with Crippen LogP contribution in [0.5, 0.6) is 5.75 Å². The Labute approximate surface area is 116 Å². The van der Waals surface area contributed by atoms with Crippen molar-refractivity contribution in [2.24, 2.45) is 0 Å². The quantitative estimate of drug-likeness (QED) is 0.639. The highest BCUT2D eigenvalue weighted by Crippen LogP contribution is 2.40. The number of hydrogen-bond acceptors (Lipinski definition) is 6. The molecule has 2 rings (SSSR count). The molecule has 1 saturated heterocycles. The van der Waals surface area contributed by atoms with Gasteiger partial charge < -0.3 is 9.64 Å². The van der Waals surface area contributed by atoms with Crippen LogP contribution in [0.15, 0.2) is 24.3 Å². The minimum Gasteiger partial charge on any atom is -0.410 e. The summed E-state index contributed by atoms with van der Waals surface area (Å²) in [5.41, 5.74) is -0.0864. The van der Waals surface area contributed by atoms with E-state index in [9.17, 15) is 24.0 Å². The Balaban J connectivity index is 1.93. The second-order valence-electron chi connectivity index (χ2n) is 4.32. The average Bonchev–Trinajstić information content (AvgIpc) is 2.39. The predicted molar refractivity (Wildman–Crippen MR) is 73.3 cm³/mol. The molecule has 8 nitrogen and oxygen atoms in total. The lowest BCUT2D eigenvalue weighted by molar-refractivity contribution is -0.384. The first-order chi connectivity index (χ1) is 9.37. The largest absolute Gasteiger partial charge is 0.415 e. The van der Waals surface area contributed by atoms with Gasteiger partial charge in [-0.15, -0.1) is 0 Å². The molecule has 1 heterocycles. The third-order valence-corrected chi connectivity index (χ3v) is 4.56. The molecule has 9 heteroatoms. The molecule has 1 aliphatic heterocycles. The highest BCUT2D eigenvalue weighted by atomic mass is 32.3. The number of nitro groups is 1. The number of benzene rings is 1. The van der Waals surface area contributed by atoms with Crippen molar-refractivity contribution < 1.29 is 23.6 Å². The van der Waals surface area contributed by atoms with E-state index in [0.717, 1.165) is 0 Å². The highest BCUT2D eigenvalue weighted by molar-refractivity contribution is 8.24. The fourth-order valence-corrected chi connectivity index (χ4v) is 2.94. The van der Waals surface area contributed by atoms with Crippen LogP contribution in [-0.2, 0) is 0 Å². The maximum atomic E-state index is 11.8. The fourth-order valence-electron chi connectivity index (χ4n) is 1.71. The van der Waals surface area contributed by atoms with E-state index in [1.807, 2.05) is 0 Å². The first-order valence-electron chi connectivity index (χ1n) is 5.82. The van der Waals surface area contributed by atoms with Gasteiger partial charge in [-0.1, -0.05) is 0 Å². The molecule has 1 amide bonds. The Morgan fingerprint density at radius 2 is 1.80 bits per heavy atom. The number of ether oxygens (including phenoxy) is 1. The molecule has 0 saturated carbocycles. The van der Waals surface area contributed by atoms with Crippen LogP contribution >= 0.6 is 10.6 Å². The standard InChI is InChI=1S/C11H14N2O6S/c14-11(12-5-7-20(17,18)8-6-12)19-10-3-1-9(2-4-10)13(15)16/h1-4,17-18H,5-8H2. The maximum Gasteiger partial charge on any atom is 0.415 e. The molecule has 0 aromatic heterocycles. The zero-order valence-electron chi connectivity index (χ0n) is 10.5. The summed E-state index contributed by atoms with van der Waals surface area (Å²) in [5.74, 6) is 0.489. The lowest BCUT2D eigenvalue weighted by atomic mass is 10.3. The van der Waals surface area contributed by atoms with Crippen molar-refractivity contribution in [1.29, 1.82) is 0 Å². The van der Waals surface area contributed by atoms with Crippen LogP contribution in [0, 0.1) is 10.1 Å². The van der Waals surface area contributed by atoms with Gasteiger partial charge in [0.15, 0.2) is 0 Å². The van der Waals surface area contributed by atoms with Crippen LogP contribution in [0.2, 0.25) is 0 Å². The number of nitrogens with zero attached hydrogens (tertiary/aromatic N) is 2. The van der Waals surface area contributed by atoms with E-state index in [0.29, 0.717) is 0 Å². The number of hydrogen-bond donors (Lipinski definition) is 2. The minimum atomic E-state index is -2.56. The summed E-state index contributed by atoms with van der Waals surface area (Å²) >= 11 is 0. The van der Waals surface area contributed by atoms with Gasteiger partial charge >= 0.3 is 6.09 Å². The van der Waals surface area contributed by atoms with E-state index in [-0.39, 0.29) is 36.0 Å². The fraction of sp³-hybridized carbons (Fsp3) is 0.364. The first-order valence-corrected chi connectivity index (χ1v) is 7.71. The van der Waals surface area contributed by atoms with Crippen molar-refractivity contribution in [2.45, 2.75) is 0 Å². The van der Waals surface area contributed by atoms with Crippen molar-refractivity contribution >= 4 is 22.4 Å². The number of carbonyl (C=O) groups excluding carboxylic acids is 1. The zero-order valence-corrected chi connectivity index (χ0v) is 11.3. The SMILES string of the molecule is O=C(Oc1ccc([N+](=O)[O-])cc1)N1CCS(O)(O)CC1. The number of amides is 1.